The van der Waals surface area contributed by atoms with E-state index >= 15 is 0 Å². The van der Waals surface area contributed by atoms with Gasteiger partial charge in [-0.1, -0.05) is 6.42 Å². The SMILES string of the molecule is CN(C)C(=O)c1ccc(N2C[C@H]3CCC[C@H]3C2)nn1. The fourth-order valence-electron chi connectivity index (χ4n) is 3.26. The standard InChI is InChI=1S/C14H20N4O/c1-17(2)14(19)12-6-7-13(16-15-12)18-8-10-4-3-5-11(10)9-18/h6-7,10-11H,3-5,8-9H2,1-2H3/t10-,11+. The van der Waals surface area contributed by atoms with Crippen LogP contribution in [0.4, 0.5) is 5.82 Å². The molecule has 3 rings (SSSR count). The number of fused-ring (bicyclic) bond motifs is 1. The summed E-state index contributed by atoms with van der Waals surface area (Å²) in [5, 5.41) is 8.28. The first-order valence-electron chi connectivity index (χ1n) is 6.95. The van der Waals surface area contributed by atoms with Gasteiger partial charge in [0.25, 0.3) is 5.91 Å². The van der Waals surface area contributed by atoms with Crippen LogP contribution in [0.1, 0.15) is 29.8 Å². The second-order valence-electron chi connectivity index (χ2n) is 5.83. The van der Waals surface area contributed by atoms with E-state index in [9.17, 15) is 4.79 Å². The van der Waals surface area contributed by atoms with Crippen LogP contribution in [0.15, 0.2) is 12.1 Å². The summed E-state index contributed by atoms with van der Waals surface area (Å²) < 4.78 is 0. The average molecular weight is 260 g/mol. The van der Waals surface area contributed by atoms with Crippen LogP contribution in [-0.2, 0) is 0 Å². The zero-order valence-electron chi connectivity index (χ0n) is 11.5. The summed E-state index contributed by atoms with van der Waals surface area (Å²) in [7, 11) is 3.44. The summed E-state index contributed by atoms with van der Waals surface area (Å²) in [6.45, 7) is 2.20. The third kappa shape index (κ3) is 2.29. The summed E-state index contributed by atoms with van der Waals surface area (Å²) in [6.07, 6.45) is 4.09. The molecule has 1 saturated carbocycles. The van der Waals surface area contributed by atoms with Crippen molar-refractivity contribution < 1.29 is 4.79 Å². The van der Waals surface area contributed by atoms with Gasteiger partial charge in [-0.25, -0.2) is 0 Å². The molecule has 5 heteroatoms. The number of nitrogens with zero attached hydrogens (tertiary/aromatic N) is 4. The van der Waals surface area contributed by atoms with Crippen molar-refractivity contribution in [3.63, 3.8) is 0 Å². The summed E-state index contributed by atoms with van der Waals surface area (Å²) in [6, 6.07) is 3.70. The maximum absolute atomic E-state index is 11.7. The van der Waals surface area contributed by atoms with Crippen molar-refractivity contribution in [1.29, 1.82) is 0 Å². The van der Waals surface area contributed by atoms with Crippen LogP contribution in [0.3, 0.4) is 0 Å². The minimum atomic E-state index is -0.0997. The lowest BCUT2D eigenvalue weighted by Crippen LogP contribution is -2.25. The summed E-state index contributed by atoms with van der Waals surface area (Å²) in [5.41, 5.74) is 0.410. The molecule has 1 aromatic rings. The van der Waals surface area contributed by atoms with Crippen molar-refractivity contribution in [1.82, 2.24) is 15.1 Å². The Balaban J connectivity index is 1.71. The molecule has 0 bridgehead atoms. The molecule has 2 atom stereocenters. The van der Waals surface area contributed by atoms with E-state index in [0.29, 0.717) is 5.69 Å². The average Bonchev–Trinajstić information content (AvgIpc) is 2.98. The third-order valence-electron chi connectivity index (χ3n) is 4.33. The molecule has 2 fully saturated rings. The third-order valence-corrected chi connectivity index (χ3v) is 4.33. The molecule has 1 aliphatic heterocycles. The zero-order chi connectivity index (χ0) is 13.4. The molecule has 1 aromatic heterocycles. The van der Waals surface area contributed by atoms with Gasteiger partial charge in [-0.2, -0.15) is 0 Å². The Labute approximate surface area is 113 Å². The van der Waals surface area contributed by atoms with Gasteiger partial charge in [0.15, 0.2) is 11.5 Å². The van der Waals surface area contributed by atoms with E-state index in [4.69, 9.17) is 0 Å². The second-order valence-corrected chi connectivity index (χ2v) is 5.83. The van der Waals surface area contributed by atoms with Gasteiger partial charge in [0.1, 0.15) is 0 Å². The van der Waals surface area contributed by atoms with E-state index < -0.39 is 0 Å². The molecule has 0 spiro atoms. The fourth-order valence-corrected chi connectivity index (χ4v) is 3.26. The maximum Gasteiger partial charge on any atom is 0.273 e. The van der Waals surface area contributed by atoms with Gasteiger partial charge < -0.3 is 9.80 Å². The Hall–Kier alpha value is -1.65. The lowest BCUT2D eigenvalue weighted by molar-refractivity contribution is 0.0821. The van der Waals surface area contributed by atoms with E-state index in [1.54, 1.807) is 20.2 Å². The van der Waals surface area contributed by atoms with Gasteiger partial charge in [0, 0.05) is 27.2 Å². The minimum absolute atomic E-state index is 0.0997. The summed E-state index contributed by atoms with van der Waals surface area (Å²) in [4.78, 5) is 15.6. The van der Waals surface area contributed by atoms with Gasteiger partial charge in [0.05, 0.1) is 0 Å². The van der Waals surface area contributed by atoms with E-state index in [2.05, 4.69) is 15.1 Å². The molecule has 2 aliphatic rings. The van der Waals surface area contributed by atoms with Crippen LogP contribution in [-0.4, -0.2) is 48.2 Å². The van der Waals surface area contributed by atoms with Crippen molar-refractivity contribution in [3.8, 4) is 0 Å². The van der Waals surface area contributed by atoms with Crippen molar-refractivity contribution in [2.75, 3.05) is 32.1 Å². The highest BCUT2D eigenvalue weighted by Crippen LogP contribution is 2.38. The quantitative estimate of drug-likeness (QED) is 0.807. The molecule has 1 saturated heterocycles. The highest BCUT2D eigenvalue weighted by molar-refractivity contribution is 5.91. The van der Waals surface area contributed by atoms with Crippen molar-refractivity contribution >= 4 is 11.7 Å². The molecule has 1 aliphatic carbocycles. The molecule has 19 heavy (non-hydrogen) atoms. The van der Waals surface area contributed by atoms with Crippen LogP contribution >= 0.6 is 0 Å². The highest BCUT2D eigenvalue weighted by atomic mass is 16.2. The summed E-state index contributed by atoms with van der Waals surface area (Å²) >= 11 is 0. The van der Waals surface area contributed by atoms with E-state index in [0.717, 1.165) is 30.7 Å². The lowest BCUT2D eigenvalue weighted by atomic mass is 10.0. The molecule has 0 radical (unpaired) electrons. The maximum atomic E-state index is 11.7. The minimum Gasteiger partial charge on any atom is -0.355 e. The summed E-state index contributed by atoms with van der Waals surface area (Å²) in [5.74, 6) is 2.48. The molecule has 0 N–H and O–H groups in total. The lowest BCUT2D eigenvalue weighted by Gasteiger charge is -2.18. The van der Waals surface area contributed by atoms with Crippen molar-refractivity contribution in [2.24, 2.45) is 11.8 Å². The van der Waals surface area contributed by atoms with Crippen LogP contribution < -0.4 is 4.90 Å². The van der Waals surface area contributed by atoms with Gasteiger partial charge in [-0.3, -0.25) is 4.79 Å². The molecule has 0 unspecified atom stereocenters. The Morgan fingerprint density at radius 3 is 2.42 bits per heavy atom. The predicted octanol–water partition coefficient (Wildman–Crippen LogP) is 1.41. The Morgan fingerprint density at radius 2 is 1.89 bits per heavy atom. The van der Waals surface area contributed by atoms with Gasteiger partial charge in [-0.05, 0) is 36.8 Å². The Bertz CT molecular complexity index is 459. The molecular formula is C14H20N4O. The number of rotatable bonds is 2. The largest absolute Gasteiger partial charge is 0.355 e. The van der Waals surface area contributed by atoms with Crippen LogP contribution in [0.2, 0.25) is 0 Å². The Kier molecular flexibility index (Phi) is 3.12. The van der Waals surface area contributed by atoms with Gasteiger partial charge in [0.2, 0.25) is 0 Å². The highest BCUT2D eigenvalue weighted by Gasteiger charge is 2.36. The van der Waals surface area contributed by atoms with Crippen LogP contribution in [0.25, 0.3) is 0 Å². The van der Waals surface area contributed by atoms with Gasteiger partial charge >= 0.3 is 0 Å². The molecule has 2 heterocycles. The number of hydrogen-bond donors (Lipinski definition) is 0. The molecule has 0 aromatic carbocycles. The number of anilines is 1. The molecule has 102 valence electrons. The second kappa shape index (κ2) is 4.79. The normalized spacial score (nSPS) is 25.5. The van der Waals surface area contributed by atoms with E-state index in [1.807, 2.05) is 6.07 Å². The van der Waals surface area contributed by atoms with Crippen molar-refractivity contribution in [2.45, 2.75) is 19.3 Å². The number of amides is 1. The predicted molar refractivity (Wildman–Crippen MR) is 73.1 cm³/mol. The molecule has 1 amide bonds. The Morgan fingerprint density at radius 1 is 1.21 bits per heavy atom. The van der Waals surface area contributed by atoms with E-state index in [-0.39, 0.29) is 5.91 Å². The molecular weight excluding hydrogens is 240 g/mol. The fraction of sp³-hybridized carbons (Fsp3) is 0.643. The van der Waals surface area contributed by atoms with Crippen LogP contribution in [0.5, 0.6) is 0 Å². The zero-order valence-corrected chi connectivity index (χ0v) is 11.5. The van der Waals surface area contributed by atoms with Gasteiger partial charge in [-0.15, -0.1) is 10.2 Å². The monoisotopic (exact) mass is 260 g/mol. The number of hydrogen-bond acceptors (Lipinski definition) is 4. The first kappa shape index (κ1) is 12.4. The number of carbonyl (C=O) groups is 1. The number of aromatic nitrogens is 2. The first-order chi connectivity index (χ1) is 9.15. The smallest absolute Gasteiger partial charge is 0.273 e. The first-order valence-corrected chi connectivity index (χ1v) is 6.95. The topological polar surface area (TPSA) is 49.3 Å². The van der Waals surface area contributed by atoms with E-state index in [1.165, 1.54) is 24.2 Å². The van der Waals surface area contributed by atoms with Crippen LogP contribution in [0, 0.1) is 11.8 Å². The van der Waals surface area contributed by atoms with Crippen molar-refractivity contribution in [3.05, 3.63) is 17.8 Å². The molecule has 5 nitrogen and oxygen atoms in total. The number of carbonyl (C=O) groups excluding carboxylic acids is 1.